The Morgan fingerprint density at radius 2 is 1.94 bits per heavy atom. The van der Waals surface area contributed by atoms with Crippen molar-refractivity contribution in [2.24, 2.45) is 0 Å². The van der Waals surface area contributed by atoms with Crippen LogP contribution in [0.25, 0.3) is 11.2 Å². The number of ether oxygens (including phenoxy) is 3. The van der Waals surface area contributed by atoms with E-state index in [1.807, 2.05) is 6.07 Å². The van der Waals surface area contributed by atoms with Crippen LogP contribution in [0.1, 0.15) is 32.8 Å². The van der Waals surface area contributed by atoms with Gasteiger partial charge in [0.2, 0.25) is 5.95 Å². The number of H-pyrrole nitrogens is 1. The fourth-order valence-electron chi connectivity index (χ4n) is 3.16. The van der Waals surface area contributed by atoms with Crippen LogP contribution in [0.4, 0.5) is 10.7 Å². The molecule has 1 amide bonds. The normalized spacial score (nSPS) is 13.3. The summed E-state index contributed by atoms with van der Waals surface area (Å²) < 4.78 is 17.5. The van der Waals surface area contributed by atoms with Crippen LogP contribution < -0.4 is 16.6 Å². The largest absolute Gasteiger partial charge is 0.462 e. The third-order valence-corrected chi connectivity index (χ3v) is 4.99. The number of imidazole rings is 1. The SMILES string of the molecule is CCCOC(=O)[C@](NC(=O)OCc1ccccc1)(OCn1cnc2c(=O)[nH]c(N)nc21)C(C)(C)O. The first-order chi connectivity index (χ1) is 16.6. The Hall–Kier alpha value is -3.97. The number of nitrogens with zero attached hydrogens (tertiary/aromatic N) is 3. The lowest BCUT2D eigenvalue weighted by atomic mass is 9.94. The number of hydrogen-bond donors (Lipinski definition) is 4. The smallest absolute Gasteiger partial charge is 0.410 e. The van der Waals surface area contributed by atoms with Crippen molar-refractivity contribution < 1.29 is 28.9 Å². The summed E-state index contributed by atoms with van der Waals surface area (Å²) in [4.78, 5) is 48.2. The van der Waals surface area contributed by atoms with Gasteiger partial charge in [0.1, 0.15) is 18.9 Å². The maximum atomic E-state index is 13.1. The van der Waals surface area contributed by atoms with Crippen molar-refractivity contribution in [3.63, 3.8) is 0 Å². The molecular formula is C22H28N6O7. The van der Waals surface area contributed by atoms with Crippen molar-refractivity contribution >= 4 is 29.2 Å². The third kappa shape index (κ3) is 5.75. The second-order valence-electron chi connectivity index (χ2n) is 8.17. The van der Waals surface area contributed by atoms with Gasteiger partial charge in [0.05, 0.1) is 12.9 Å². The van der Waals surface area contributed by atoms with Crippen LogP contribution >= 0.6 is 0 Å². The Bertz CT molecular complexity index is 1230. The highest BCUT2D eigenvalue weighted by atomic mass is 16.6. The molecule has 0 aliphatic carbocycles. The number of amides is 1. The second kappa shape index (κ2) is 10.5. The minimum Gasteiger partial charge on any atom is -0.462 e. The van der Waals surface area contributed by atoms with Gasteiger partial charge in [0, 0.05) is 0 Å². The van der Waals surface area contributed by atoms with Crippen LogP contribution in [0.15, 0.2) is 41.5 Å². The van der Waals surface area contributed by atoms with Crippen LogP contribution in [0.5, 0.6) is 0 Å². The molecule has 188 valence electrons. The number of esters is 1. The predicted octanol–water partition coefficient (Wildman–Crippen LogP) is 1.02. The maximum Gasteiger partial charge on any atom is 0.410 e. The van der Waals surface area contributed by atoms with Crippen molar-refractivity contribution in [3.8, 4) is 0 Å². The molecule has 5 N–H and O–H groups in total. The monoisotopic (exact) mass is 488 g/mol. The number of aromatic nitrogens is 4. The maximum absolute atomic E-state index is 13.1. The van der Waals surface area contributed by atoms with E-state index >= 15 is 0 Å². The molecule has 13 nitrogen and oxygen atoms in total. The molecule has 0 saturated heterocycles. The molecular weight excluding hydrogens is 460 g/mol. The number of carbonyl (C=O) groups is 2. The number of hydrogen-bond acceptors (Lipinski definition) is 10. The fraction of sp³-hybridized carbons (Fsp3) is 0.409. The van der Waals surface area contributed by atoms with E-state index in [0.717, 1.165) is 0 Å². The lowest BCUT2D eigenvalue weighted by molar-refractivity contribution is -0.223. The molecule has 0 unspecified atom stereocenters. The summed E-state index contributed by atoms with van der Waals surface area (Å²) in [5, 5.41) is 13.3. The molecule has 0 radical (unpaired) electrons. The van der Waals surface area contributed by atoms with E-state index in [0.29, 0.717) is 12.0 Å². The first kappa shape index (κ1) is 25.6. The summed E-state index contributed by atoms with van der Waals surface area (Å²) in [5.41, 5.74) is 1.45. The van der Waals surface area contributed by atoms with E-state index in [9.17, 15) is 19.5 Å². The molecule has 3 aromatic rings. The highest BCUT2D eigenvalue weighted by Gasteiger charge is 2.55. The van der Waals surface area contributed by atoms with Crippen molar-refractivity contribution in [1.82, 2.24) is 24.8 Å². The minimum absolute atomic E-state index is 0.0135. The number of anilines is 1. The molecule has 0 bridgehead atoms. The Morgan fingerprint density at radius 3 is 2.60 bits per heavy atom. The molecule has 2 heterocycles. The van der Waals surface area contributed by atoms with Gasteiger partial charge in [-0.15, -0.1) is 0 Å². The number of benzene rings is 1. The number of alkyl carbamates (subject to hydrolysis) is 1. The summed E-state index contributed by atoms with van der Waals surface area (Å²) in [5.74, 6) is -1.19. The van der Waals surface area contributed by atoms with Gasteiger partial charge in [-0.1, -0.05) is 37.3 Å². The summed E-state index contributed by atoms with van der Waals surface area (Å²) >= 11 is 0. The molecule has 13 heteroatoms. The highest BCUT2D eigenvalue weighted by Crippen LogP contribution is 2.27. The van der Waals surface area contributed by atoms with E-state index in [-0.39, 0.29) is 30.3 Å². The average Bonchev–Trinajstić information content (AvgIpc) is 3.21. The van der Waals surface area contributed by atoms with E-state index in [1.165, 1.54) is 24.7 Å². The van der Waals surface area contributed by atoms with Crippen molar-refractivity contribution in [2.45, 2.75) is 51.9 Å². The molecule has 3 rings (SSSR count). The third-order valence-electron chi connectivity index (χ3n) is 4.99. The predicted molar refractivity (Wildman–Crippen MR) is 124 cm³/mol. The summed E-state index contributed by atoms with van der Waals surface area (Å²) in [6.45, 7) is 3.79. The van der Waals surface area contributed by atoms with Crippen LogP contribution in [0, 0.1) is 0 Å². The molecule has 2 aromatic heterocycles. The Balaban J connectivity index is 1.89. The Labute approximate surface area is 200 Å². The summed E-state index contributed by atoms with van der Waals surface area (Å²) in [6, 6.07) is 8.89. The van der Waals surface area contributed by atoms with Crippen LogP contribution in [-0.2, 0) is 32.3 Å². The second-order valence-corrected chi connectivity index (χ2v) is 8.17. The van der Waals surface area contributed by atoms with Gasteiger partial charge in [-0.2, -0.15) is 4.98 Å². The molecule has 0 fully saturated rings. The van der Waals surface area contributed by atoms with Gasteiger partial charge in [-0.05, 0) is 25.8 Å². The fourth-order valence-corrected chi connectivity index (χ4v) is 3.16. The zero-order chi connectivity index (χ0) is 25.6. The molecule has 0 saturated carbocycles. The van der Waals surface area contributed by atoms with Crippen molar-refractivity contribution in [3.05, 3.63) is 52.6 Å². The zero-order valence-electron chi connectivity index (χ0n) is 19.6. The van der Waals surface area contributed by atoms with E-state index in [4.69, 9.17) is 19.9 Å². The molecule has 0 spiro atoms. The Kier molecular flexibility index (Phi) is 7.71. The summed E-state index contributed by atoms with van der Waals surface area (Å²) in [6.07, 6.45) is 0.704. The van der Waals surface area contributed by atoms with Gasteiger partial charge in [0.25, 0.3) is 11.3 Å². The average molecular weight is 489 g/mol. The first-order valence-electron chi connectivity index (χ1n) is 10.8. The van der Waals surface area contributed by atoms with E-state index in [1.54, 1.807) is 31.2 Å². The summed E-state index contributed by atoms with van der Waals surface area (Å²) in [7, 11) is 0. The topological polar surface area (TPSA) is 184 Å². The number of fused-ring (bicyclic) bond motifs is 1. The van der Waals surface area contributed by atoms with Gasteiger partial charge in [-0.3, -0.25) is 19.7 Å². The molecule has 0 aliphatic heterocycles. The number of nitrogens with one attached hydrogen (secondary N) is 2. The number of aliphatic hydroxyl groups is 1. The number of nitrogens with two attached hydrogens (primary N) is 1. The van der Waals surface area contributed by atoms with E-state index in [2.05, 4.69) is 20.3 Å². The molecule has 0 aliphatic rings. The number of nitrogen functional groups attached to an aromatic ring is 1. The van der Waals surface area contributed by atoms with E-state index < -0.39 is 35.7 Å². The number of rotatable bonds is 10. The van der Waals surface area contributed by atoms with Crippen LogP contribution in [-0.4, -0.2) is 54.6 Å². The number of aromatic amines is 1. The van der Waals surface area contributed by atoms with Gasteiger partial charge < -0.3 is 25.1 Å². The van der Waals surface area contributed by atoms with Crippen molar-refractivity contribution in [2.75, 3.05) is 12.3 Å². The number of carbonyl (C=O) groups excluding carboxylic acids is 2. The van der Waals surface area contributed by atoms with Gasteiger partial charge in [0.15, 0.2) is 11.2 Å². The van der Waals surface area contributed by atoms with Crippen molar-refractivity contribution in [1.29, 1.82) is 0 Å². The first-order valence-corrected chi connectivity index (χ1v) is 10.8. The lowest BCUT2D eigenvalue weighted by Gasteiger charge is -2.40. The molecule has 1 atom stereocenters. The lowest BCUT2D eigenvalue weighted by Crippen LogP contribution is -2.69. The van der Waals surface area contributed by atoms with Crippen LogP contribution in [0.2, 0.25) is 0 Å². The zero-order valence-corrected chi connectivity index (χ0v) is 19.6. The van der Waals surface area contributed by atoms with Gasteiger partial charge in [-0.25, -0.2) is 14.6 Å². The van der Waals surface area contributed by atoms with Gasteiger partial charge >= 0.3 is 12.1 Å². The van der Waals surface area contributed by atoms with Crippen LogP contribution in [0.3, 0.4) is 0 Å². The standard InChI is InChI=1S/C22H28N6O7/c1-4-10-33-18(30)22(21(2,3)32,27-20(31)34-11-14-8-6-5-7-9-14)35-13-28-12-24-15-16(28)25-19(23)26-17(15)29/h5-9,12,32H,4,10-11,13H2,1-3H3,(H,27,31)(H3,23,25,26,29)/t22-/m0/s1. The quantitative estimate of drug-likeness (QED) is 0.237. The molecule has 1 aromatic carbocycles. The highest BCUT2D eigenvalue weighted by molar-refractivity contribution is 5.85. The Morgan fingerprint density at radius 1 is 1.23 bits per heavy atom. The minimum atomic E-state index is -2.39. The molecule has 35 heavy (non-hydrogen) atoms.